The number of benzene rings is 2. The Balaban J connectivity index is 2.36. The lowest BCUT2D eigenvalue weighted by Gasteiger charge is -2.18. The van der Waals surface area contributed by atoms with Gasteiger partial charge >= 0.3 is 0 Å². The third kappa shape index (κ3) is 3.58. The molecular weight excluding hydrogens is 259 g/mol. The van der Waals surface area contributed by atoms with Crippen LogP contribution in [-0.2, 0) is 0 Å². The molecule has 0 heterocycles. The molecule has 2 aromatic rings. The molecule has 0 nitrogen and oxygen atoms in total. The van der Waals surface area contributed by atoms with Crippen molar-refractivity contribution in [2.45, 2.75) is 26.2 Å². The molecule has 0 bridgehead atoms. The lowest BCUT2D eigenvalue weighted by atomic mass is 10.2. The number of hydrogen-bond acceptors (Lipinski definition) is 0. The minimum absolute atomic E-state index is 1.19. The van der Waals surface area contributed by atoms with Crippen LogP contribution in [0.2, 0.25) is 0 Å². The fourth-order valence-electron chi connectivity index (χ4n) is 2.40. The minimum Gasteiger partial charge on any atom is -0.0654 e. The molecule has 104 valence electrons. The third-order valence-corrected chi connectivity index (χ3v) is 7.26. The van der Waals surface area contributed by atoms with E-state index in [-0.39, 0.29) is 0 Å². The SMILES string of the molecule is CCCC/C=C/[P+](C)(c1ccccc1)c1ccccc1. The number of rotatable bonds is 6. The van der Waals surface area contributed by atoms with E-state index >= 15 is 0 Å². The number of allylic oxidation sites excluding steroid dienone is 1. The molecule has 0 aliphatic rings. The van der Waals surface area contributed by atoms with E-state index in [4.69, 9.17) is 0 Å². The molecule has 2 aromatic carbocycles. The highest BCUT2D eigenvalue weighted by Gasteiger charge is 2.34. The first-order chi connectivity index (χ1) is 9.77. The third-order valence-electron chi connectivity index (χ3n) is 3.71. The van der Waals surface area contributed by atoms with Crippen molar-refractivity contribution in [1.29, 1.82) is 0 Å². The van der Waals surface area contributed by atoms with Crippen LogP contribution in [0.5, 0.6) is 0 Å². The summed E-state index contributed by atoms with van der Waals surface area (Å²) in [5.41, 5.74) is 0. The second kappa shape index (κ2) is 7.41. The van der Waals surface area contributed by atoms with Crippen molar-refractivity contribution >= 4 is 17.9 Å². The highest BCUT2D eigenvalue weighted by molar-refractivity contribution is 7.91. The smallest absolute Gasteiger partial charge is 0.0654 e. The highest BCUT2D eigenvalue weighted by Crippen LogP contribution is 2.54. The van der Waals surface area contributed by atoms with Gasteiger partial charge in [-0.1, -0.05) is 49.7 Å². The summed E-state index contributed by atoms with van der Waals surface area (Å²) in [5.74, 6) is 2.48. The maximum absolute atomic E-state index is 2.48. The van der Waals surface area contributed by atoms with Gasteiger partial charge in [0.15, 0.2) is 0 Å². The van der Waals surface area contributed by atoms with Gasteiger partial charge in [-0.15, -0.1) is 0 Å². The summed E-state index contributed by atoms with van der Waals surface area (Å²) in [6.45, 7) is 4.66. The second-order valence-electron chi connectivity index (χ2n) is 5.27. The van der Waals surface area contributed by atoms with Crippen LogP contribution in [0.25, 0.3) is 0 Å². The van der Waals surface area contributed by atoms with E-state index in [1.807, 2.05) is 0 Å². The van der Waals surface area contributed by atoms with Crippen LogP contribution in [0.15, 0.2) is 72.6 Å². The molecule has 0 aliphatic carbocycles. The van der Waals surface area contributed by atoms with Gasteiger partial charge in [0, 0.05) is 0 Å². The topological polar surface area (TPSA) is 0 Å². The zero-order chi connectivity index (χ0) is 14.3. The van der Waals surface area contributed by atoms with Crippen molar-refractivity contribution in [3.8, 4) is 0 Å². The highest BCUT2D eigenvalue weighted by atomic mass is 31.2. The van der Waals surface area contributed by atoms with E-state index in [9.17, 15) is 0 Å². The molecule has 0 saturated heterocycles. The van der Waals surface area contributed by atoms with Gasteiger partial charge in [-0.2, -0.15) is 0 Å². The van der Waals surface area contributed by atoms with Crippen LogP contribution in [0.4, 0.5) is 0 Å². The monoisotopic (exact) mass is 283 g/mol. The Kier molecular flexibility index (Phi) is 5.56. The Bertz CT molecular complexity index is 489. The van der Waals surface area contributed by atoms with E-state index in [1.54, 1.807) is 0 Å². The molecule has 0 saturated carbocycles. The Morgan fingerprint density at radius 2 is 1.35 bits per heavy atom. The predicted octanol–water partition coefficient (Wildman–Crippen LogP) is 4.99. The van der Waals surface area contributed by atoms with Crippen molar-refractivity contribution in [2.24, 2.45) is 0 Å². The van der Waals surface area contributed by atoms with E-state index in [1.165, 1.54) is 29.9 Å². The Morgan fingerprint density at radius 3 is 1.80 bits per heavy atom. The molecule has 0 fully saturated rings. The molecule has 0 aromatic heterocycles. The van der Waals surface area contributed by atoms with Crippen molar-refractivity contribution in [3.05, 3.63) is 72.6 Å². The largest absolute Gasteiger partial charge is 0.103 e. The van der Waals surface area contributed by atoms with Gasteiger partial charge in [0.25, 0.3) is 0 Å². The van der Waals surface area contributed by atoms with Gasteiger partial charge in [-0.25, -0.2) is 0 Å². The molecule has 0 atom stereocenters. The van der Waals surface area contributed by atoms with Crippen LogP contribution in [0.1, 0.15) is 26.2 Å². The molecule has 0 N–H and O–H groups in total. The van der Waals surface area contributed by atoms with Gasteiger partial charge in [0.05, 0.1) is 12.5 Å². The van der Waals surface area contributed by atoms with Crippen molar-refractivity contribution in [1.82, 2.24) is 0 Å². The average Bonchev–Trinajstić information content (AvgIpc) is 2.53. The van der Waals surface area contributed by atoms with Crippen molar-refractivity contribution in [3.63, 3.8) is 0 Å². The quantitative estimate of drug-likeness (QED) is 0.517. The fraction of sp³-hybridized carbons (Fsp3) is 0.263. The lowest BCUT2D eigenvalue weighted by molar-refractivity contribution is 0.815. The van der Waals surface area contributed by atoms with Gasteiger partial charge < -0.3 is 0 Å². The van der Waals surface area contributed by atoms with Crippen molar-refractivity contribution < 1.29 is 0 Å². The zero-order valence-corrected chi connectivity index (χ0v) is 13.4. The summed E-state index contributed by atoms with van der Waals surface area (Å²) in [4.78, 5) is 0. The maximum Gasteiger partial charge on any atom is 0.103 e. The van der Waals surface area contributed by atoms with Gasteiger partial charge in [-0.05, 0) is 43.2 Å². The standard InChI is InChI=1S/C19H24P/c1-3-4-5-12-17-20(2,18-13-8-6-9-14-18)19-15-10-7-11-16-19/h6-17H,3-5H2,1-2H3/q+1/b17-12+. The predicted molar refractivity (Wildman–Crippen MR) is 93.7 cm³/mol. The lowest BCUT2D eigenvalue weighted by Crippen LogP contribution is -2.19. The summed E-state index contributed by atoms with van der Waals surface area (Å²) in [6, 6.07) is 21.9. The first kappa shape index (κ1) is 15.0. The average molecular weight is 283 g/mol. The van der Waals surface area contributed by atoms with Crippen molar-refractivity contribution in [2.75, 3.05) is 6.66 Å². The molecule has 20 heavy (non-hydrogen) atoms. The Hall–Kier alpha value is -1.39. The van der Waals surface area contributed by atoms with E-state index in [0.717, 1.165) is 0 Å². The zero-order valence-electron chi connectivity index (χ0n) is 12.5. The fourth-order valence-corrected chi connectivity index (χ4v) is 5.20. The molecule has 1 heteroatoms. The molecule has 0 unspecified atom stereocenters. The van der Waals surface area contributed by atoms with Gasteiger partial charge in [-0.3, -0.25) is 0 Å². The maximum atomic E-state index is 2.48. The van der Waals surface area contributed by atoms with Crippen LogP contribution in [-0.4, -0.2) is 6.66 Å². The second-order valence-corrected chi connectivity index (χ2v) is 8.76. The normalized spacial score (nSPS) is 11.9. The van der Waals surface area contributed by atoms with Gasteiger partial charge in [0.2, 0.25) is 0 Å². The van der Waals surface area contributed by atoms with Gasteiger partial charge in [0.1, 0.15) is 17.9 Å². The molecule has 0 spiro atoms. The summed E-state index contributed by atoms with van der Waals surface area (Å²) >= 11 is 0. The molecule has 0 aliphatic heterocycles. The number of unbranched alkanes of at least 4 members (excludes halogenated alkanes) is 2. The Labute approximate surface area is 123 Å². The van der Waals surface area contributed by atoms with E-state index < -0.39 is 7.26 Å². The van der Waals surface area contributed by atoms with E-state index in [2.05, 4.69) is 86.1 Å². The summed E-state index contributed by atoms with van der Waals surface area (Å²) < 4.78 is 0. The first-order valence-corrected chi connectivity index (χ1v) is 9.73. The van der Waals surface area contributed by atoms with E-state index in [0.29, 0.717) is 0 Å². The molecule has 2 rings (SSSR count). The molecule has 0 amide bonds. The minimum atomic E-state index is -1.39. The van der Waals surface area contributed by atoms with Crippen LogP contribution in [0, 0.1) is 0 Å². The number of hydrogen-bond donors (Lipinski definition) is 0. The van der Waals surface area contributed by atoms with Crippen LogP contribution in [0.3, 0.4) is 0 Å². The Morgan fingerprint density at radius 1 is 0.850 bits per heavy atom. The molecule has 0 radical (unpaired) electrons. The summed E-state index contributed by atoms with van der Waals surface area (Å²) in [7, 11) is -1.39. The summed E-state index contributed by atoms with van der Waals surface area (Å²) in [6.07, 6.45) is 6.11. The first-order valence-electron chi connectivity index (χ1n) is 7.42. The van der Waals surface area contributed by atoms with Crippen LogP contribution >= 0.6 is 7.26 Å². The summed E-state index contributed by atoms with van der Waals surface area (Å²) in [5, 5.41) is 2.91. The van der Waals surface area contributed by atoms with Crippen LogP contribution < -0.4 is 10.6 Å². The molecular formula is C19H24P+.